The van der Waals surface area contributed by atoms with Crippen molar-refractivity contribution in [2.75, 3.05) is 11.5 Å². The summed E-state index contributed by atoms with van der Waals surface area (Å²) in [5.74, 6) is -2.26. The Labute approximate surface area is 197 Å². The minimum atomic E-state index is -4.58. The van der Waals surface area contributed by atoms with Crippen molar-refractivity contribution >= 4 is 23.2 Å². The number of amides is 2. The first-order valence-electron chi connectivity index (χ1n) is 11.2. The van der Waals surface area contributed by atoms with Gasteiger partial charge in [-0.25, -0.2) is 0 Å². The number of oxime groups is 1. The van der Waals surface area contributed by atoms with E-state index in [2.05, 4.69) is 5.16 Å². The van der Waals surface area contributed by atoms with E-state index in [1.807, 2.05) is 6.07 Å². The highest BCUT2D eigenvalue weighted by Gasteiger charge is 2.70. The molecular weight excluding hydrogens is 463 g/mol. The molecule has 2 amide bonds. The van der Waals surface area contributed by atoms with E-state index in [1.54, 1.807) is 24.3 Å². The Bertz CT molecular complexity index is 1300. The van der Waals surface area contributed by atoms with E-state index in [9.17, 15) is 22.8 Å². The number of hydrogen-bond donors (Lipinski definition) is 0. The van der Waals surface area contributed by atoms with Gasteiger partial charge in [0.05, 0.1) is 28.8 Å². The third kappa shape index (κ3) is 3.14. The maximum atomic E-state index is 13.4. The van der Waals surface area contributed by atoms with Crippen LogP contribution in [0.5, 0.6) is 5.75 Å². The molecule has 10 heteroatoms. The highest BCUT2D eigenvalue weighted by molar-refractivity contribution is 6.23. The number of halogens is 3. The number of nitriles is 1. The molecule has 0 radical (unpaired) electrons. The van der Waals surface area contributed by atoms with Gasteiger partial charge in [0.2, 0.25) is 11.8 Å². The van der Waals surface area contributed by atoms with Gasteiger partial charge in [0.25, 0.3) is 0 Å². The van der Waals surface area contributed by atoms with Crippen LogP contribution >= 0.6 is 0 Å². The molecule has 2 aromatic rings. The van der Waals surface area contributed by atoms with E-state index in [-0.39, 0.29) is 36.2 Å². The smallest absolute Gasteiger partial charge is 0.416 e. The second-order valence-electron chi connectivity index (χ2n) is 9.22. The molecule has 2 heterocycles. The molecule has 0 spiro atoms. The summed E-state index contributed by atoms with van der Waals surface area (Å²) in [5, 5.41) is 12.9. The standard InChI is InChI=1S/C25H18F3N3O4/c26-25(27,28)13-2-1-3-14(10-13)31-23(32)18-16-11-17(19(18)24(31)33)22-20(16)21(30-35-22)12-4-6-15(7-5-12)34-9-8-29/h1-7,10,16-20,22H,9,11H2/t16-,17+,18-,19+,20-,22-/m1/s1. The second kappa shape index (κ2) is 7.57. The summed E-state index contributed by atoms with van der Waals surface area (Å²) in [6, 6.07) is 13.3. The molecule has 6 atom stereocenters. The molecule has 178 valence electrons. The number of carbonyl (C=O) groups excluding carboxylic acids is 2. The number of nitrogens with zero attached hydrogens (tertiary/aromatic N) is 3. The van der Waals surface area contributed by atoms with Crippen LogP contribution in [0.4, 0.5) is 18.9 Å². The van der Waals surface area contributed by atoms with E-state index in [0.717, 1.165) is 22.6 Å². The fourth-order valence-electron chi connectivity index (χ4n) is 6.28. The Hall–Kier alpha value is -3.87. The average molecular weight is 481 g/mol. The fourth-order valence-corrected chi connectivity index (χ4v) is 6.28. The highest BCUT2D eigenvalue weighted by Crippen LogP contribution is 2.62. The number of anilines is 1. The van der Waals surface area contributed by atoms with Crippen molar-refractivity contribution in [3.8, 4) is 11.8 Å². The Morgan fingerprint density at radius 2 is 1.77 bits per heavy atom. The Balaban J connectivity index is 1.28. The van der Waals surface area contributed by atoms with E-state index in [0.29, 0.717) is 17.9 Å². The number of fused-ring (bicyclic) bond motifs is 8. The summed E-state index contributed by atoms with van der Waals surface area (Å²) in [6.07, 6.45) is -4.31. The lowest BCUT2D eigenvalue weighted by Crippen LogP contribution is -2.41. The molecule has 35 heavy (non-hydrogen) atoms. The molecule has 3 fully saturated rings. The molecule has 2 saturated carbocycles. The Morgan fingerprint density at radius 3 is 2.46 bits per heavy atom. The maximum Gasteiger partial charge on any atom is 0.416 e. The number of rotatable bonds is 4. The third-order valence-electron chi connectivity index (χ3n) is 7.58. The lowest BCUT2D eigenvalue weighted by atomic mass is 9.71. The van der Waals surface area contributed by atoms with Crippen molar-refractivity contribution in [3.05, 3.63) is 59.7 Å². The molecule has 7 nitrogen and oxygen atoms in total. The van der Waals surface area contributed by atoms with Crippen LogP contribution in [0.1, 0.15) is 17.5 Å². The molecular formula is C25H18F3N3O4. The summed E-state index contributed by atoms with van der Waals surface area (Å²) >= 11 is 0. The summed E-state index contributed by atoms with van der Waals surface area (Å²) in [5.41, 5.74) is 0.506. The normalized spacial score (nSPS) is 30.6. The van der Waals surface area contributed by atoms with Crippen molar-refractivity contribution in [1.29, 1.82) is 5.26 Å². The predicted octanol–water partition coefficient (Wildman–Crippen LogP) is 3.78. The van der Waals surface area contributed by atoms with E-state index in [1.165, 1.54) is 12.1 Å². The number of hydrogen-bond acceptors (Lipinski definition) is 6. The second-order valence-corrected chi connectivity index (χ2v) is 9.22. The predicted molar refractivity (Wildman–Crippen MR) is 115 cm³/mol. The molecule has 2 aliphatic carbocycles. The Morgan fingerprint density at radius 1 is 1.06 bits per heavy atom. The highest BCUT2D eigenvalue weighted by atomic mass is 19.4. The van der Waals surface area contributed by atoms with Gasteiger partial charge < -0.3 is 9.57 Å². The van der Waals surface area contributed by atoms with Crippen LogP contribution < -0.4 is 9.64 Å². The van der Waals surface area contributed by atoms with Gasteiger partial charge in [0.1, 0.15) is 17.9 Å². The van der Waals surface area contributed by atoms with Gasteiger partial charge in [-0.05, 0) is 54.8 Å². The van der Waals surface area contributed by atoms with Gasteiger partial charge in [-0.15, -0.1) is 0 Å². The summed E-state index contributed by atoms with van der Waals surface area (Å²) < 4.78 is 44.9. The van der Waals surface area contributed by atoms with Crippen molar-refractivity contribution in [1.82, 2.24) is 0 Å². The largest absolute Gasteiger partial charge is 0.479 e. The van der Waals surface area contributed by atoms with Crippen LogP contribution in [0.25, 0.3) is 0 Å². The first kappa shape index (κ1) is 21.6. The number of carbonyl (C=O) groups is 2. The molecule has 1 saturated heterocycles. The van der Waals surface area contributed by atoms with Crippen molar-refractivity contribution in [3.63, 3.8) is 0 Å². The van der Waals surface area contributed by atoms with Gasteiger partial charge in [0, 0.05) is 17.4 Å². The van der Waals surface area contributed by atoms with Gasteiger partial charge in [-0.3, -0.25) is 14.5 Å². The van der Waals surface area contributed by atoms with Crippen LogP contribution in [-0.4, -0.2) is 30.2 Å². The molecule has 2 bridgehead atoms. The zero-order valence-electron chi connectivity index (χ0n) is 18.1. The van der Waals surface area contributed by atoms with E-state index < -0.39 is 35.4 Å². The molecule has 0 unspecified atom stereocenters. The first-order chi connectivity index (χ1) is 16.8. The van der Waals surface area contributed by atoms with Crippen LogP contribution in [0.2, 0.25) is 0 Å². The molecule has 2 aliphatic heterocycles. The molecule has 2 aromatic carbocycles. The minimum Gasteiger partial charge on any atom is -0.479 e. The summed E-state index contributed by atoms with van der Waals surface area (Å²) in [6.45, 7) is -0.0700. The molecule has 6 rings (SSSR count). The SMILES string of the molecule is N#CCOc1ccc(C2=NO[C@@H]3[C@H]4C[C@H]([C@H]5C(=O)N(c6cccc(C(F)(F)F)c6)C(=O)[C@@H]45)[C@H]23)cc1. The van der Waals surface area contributed by atoms with Gasteiger partial charge >= 0.3 is 6.18 Å². The average Bonchev–Trinajstić information content (AvgIpc) is 3.58. The summed E-state index contributed by atoms with van der Waals surface area (Å²) in [7, 11) is 0. The number of ether oxygens (including phenoxy) is 1. The van der Waals surface area contributed by atoms with Crippen molar-refractivity contribution in [2.24, 2.45) is 34.7 Å². The van der Waals surface area contributed by atoms with Crippen molar-refractivity contribution < 1.29 is 32.3 Å². The van der Waals surface area contributed by atoms with Gasteiger partial charge in [-0.2, -0.15) is 18.4 Å². The quantitative estimate of drug-likeness (QED) is 0.620. The zero-order valence-corrected chi connectivity index (χ0v) is 18.1. The molecule has 4 aliphatic rings. The van der Waals surface area contributed by atoms with Crippen LogP contribution in [0, 0.1) is 40.9 Å². The van der Waals surface area contributed by atoms with Crippen molar-refractivity contribution in [2.45, 2.75) is 18.7 Å². The number of imide groups is 1. The lowest BCUT2D eigenvalue weighted by molar-refractivity contribution is -0.137. The maximum absolute atomic E-state index is 13.4. The Kier molecular flexibility index (Phi) is 4.68. The zero-order chi connectivity index (χ0) is 24.5. The van der Waals surface area contributed by atoms with E-state index in [4.69, 9.17) is 14.8 Å². The van der Waals surface area contributed by atoms with Gasteiger partial charge in [-0.1, -0.05) is 11.2 Å². The minimum absolute atomic E-state index is 0.0587. The number of benzene rings is 2. The first-order valence-corrected chi connectivity index (χ1v) is 11.2. The molecule has 0 N–H and O–H groups in total. The summed E-state index contributed by atoms with van der Waals surface area (Å²) in [4.78, 5) is 33.4. The monoisotopic (exact) mass is 481 g/mol. The fraction of sp³-hybridized carbons (Fsp3) is 0.360. The topological polar surface area (TPSA) is 92.0 Å². The molecule has 0 aromatic heterocycles. The van der Waals surface area contributed by atoms with Crippen LogP contribution in [0.3, 0.4) is 0 Å². The lowest BCUT2D eigenvalue weighted by Gasteiger charge is -2.29. The number of alkyl halides is 3. The van der Waals surface area contributed by atoms with E-state index >= 15 is 0 Å². The van der Waals surface area contributed by atoms with Crippen LogP contribution in [0.15, 0.2) is 53.7 Å². The van der Waals surface area contributed by atoms with Crippen LogP contribution in [-0.2, 0) is 20.6 Å². The third-order valence-corrected chi connectivity index (χ3v) is 7.58. The van der Waals surface area contributed by atoms with Gasteiger partial charge in [0.15, 0.2) is 6.61 Å².